The largest absolute Gasteiger partial charge is 0.383 e. The molecule has 4 rings (SSSR count). The first-order valence-electron chi connectivity index (χ1n) is 9.29. The van der Waals surface area contributed by atoms with E-state index in [0.717, 1.165) is 27.8 Å². The predicted octanol–water partition coefficient (Wildman–Crippen LogP) is 4.32. The zero-order valence-electron chi connectivity index (χ0n) is 15.7. The highest BCUT2D eigenvalue weighted by atomic mass is 16.1. The van der Waals surface area contributed by atoms with Crippen LogP contribution in [0.5, 0.6) is 0 Å². The van der Waals surface area contributed by atoms with Gasteiger partial charge < -0.3 is 11.1 Å². The fraction of sp³-hybridized carbons (Fsp3) is 0.0417. The van der Waals surface area contributed by atoms with Crippen LogP contribution in [0.15, 0.2) is 91.4 Å². The summed E-state index contributed by atoms with van der Waals surface area (Å²) < 4.78 is 0. The topological polar surface area (TPSA) is 80.9 Å². The van der Waals surface area contributed by atoms with Crippen molar-refractivity contribution in [3.8, 4) is 22.3 Å². The maximum absolute atomic E-state index is 12.4. The van der Waals surface area contributed by atoms with Gasteiger partial charge in [0.2, 0.25) is 0 Å². The Labute approximate surface area is 169 Å². The third-order valence-corrected chi connectivity index (χ3v) is 4.69. The third kappa shape index (κ3) is 4.30. The Morgan fingerprint density at radius 1 is 0.862 bits per heavy atom. The quantitative estimate of drug-likeness (QED) is 0.540. The van der Waals surface area contributed by atoms with Gasteiger partial charge in [-0.2, -0.15) is 0 Å². The number of aromatic nitrogens is 2. The standard InChI is InChI=1S/C24H20N4O/c25-23-22(14-21(16-27-23)18-10-12-26-13-11-18)19-6-8-20(9-7-19)24(29)28-15-17-4-2-1-3-5-17/h1-14,16H,15H2,(H2,25,27)(H,28,29). The number of hydrogen-bond acceptors (Lipinski definition) is 4. The molecule has 0 aliphatic heterocycles. The summed E-state index contributed by atoms with van der Waals surface area (Å²) in [4.78, 5) is 20.8. The van der Waals surface area contributed by atoms with E-state index in [-0.39, 0.29) is 5.91 Å². The van der Waals surface area contributed by atoms with Crippen molar-refractivity contribution in [2.75, 3.05) is 5.73 Å². The molecule has 0 aliphatic carbocycles. The van der Waals surface area contributed by atoms with E-state index in [9.17, 15) is 4.79 Å². The number of rotatable bonds is 5. The molecule has 0 aliphatic rings. The summed E-state index contributed by atoms with van der Waals surface area (Å²) in [5.41, 5.74) is 11.5. The van der Waals surface area contributed by atoms with Crippen LogP contribution >= 0.6 is 0 Å². The number of carbonyl (C=O) groups excluding carboxylic acids is 1. The van der Waals surface area contributed by atoms with Gasteiger partial charge in [-0.3, -0.25) is 9.78 Å². The molecule has 0 radical (unpaired) electrons. The van der Waals surface area contributed by atoms with Gasteiger partial charge in [-0.15, -0.1) is 0 Å². The minimum Gasteiger partial charge on any atom is -0.383 e. The van der Waals surface area contributed by atoms with Crippen LogP contribution in [0.4, 0.5) is 5.82 Å². The lowest BCUT2D eigenvalue weighted by Crippen LogP contribution is -2.22. The van der Waals surface area contributed by atoms with Gasteiger partial charge in [-0.25, -0.2) is 4.98 Å². The summed E-state index contributed by atoms with van der Waals surface area (Å²) in [7, 11) is 0. The normalized spacial score (nSPS) is 10.5. The van der Waals surface area contributed by atoms with Crippen LogP contribution < -0.4 is 11.1 Å². The second-order valence-corrected chi connectivity index (χ2v) is 6.64. The number of benzene rings is 2. The summed E-state index contributed by atoms with van der Waals surface area (Å²) in [6, 6.07) is 23.1. The summed E-state index contributed by atoms with van der Waals surface area (Å²) in [5, 5.41) is 2.93. The van der Waals surface area contributed by atoms with E-state index in [1.807, 2.05) is 60.7 Å². The minimum absolute atomic E-state index is 0.114. The highest BCUT2D eigenvalue weighted by Crippen LogP contribution is 2.29. The van der Waals surface area contributed by atoms with Crippen LogP contribution in [0.2, 0.25) is 0 Å². The minimum atomic E-state index is -0.114. The molecular formula is C24H20N4O. The van der Waals surface area contributed by atoms with E-state index in [0.29, 0.717) is 17.9 Å². The van der Waals surface area contributed by atoms with Crippen LogP contribution in [0.25, 0.3) is 22.3 Å². The van der Waals surface area contributed by atoms with E-state index in [1.54, 1.807) is 30.7 Å². The van der Waals surface area contributed by atoms with Gasteiger partial charge in [-0.05, 0) is 47.0 Å². The van der Waals surface area contributed by atoms with E-state index in [2.05, 4.69) is 15.3 Å². The van der Waals surface area contributed by atoms with Crippen LogP contribution in [0, 0.1) is 0 Å². The van der Waals surface area contributed by atoms with Crippen molar-refractivity contribution in [3.63, 3.8) is 0 Å². The lowest BCUT2D eigenvalue weighted by molar-refractivity contribution is 0.0951. The molecule has 0 bridgehead atoms. The van der Waals surface area contributed by atoms with Crippen molar-refractivity contribution in [2.45, 2.75) is 6.54 Å². The number of nitrogens with zero attached hydrogens (tertiary/aromatic N) is 2. The smallest absolute Gasteiger partial charge is 0.251 e. The maximum atomic E-state index is 12.4. The summed E-state index contributed by atoms with van der Waals surface area (Å²) in [5.74, 6) is 0.334. The number of nitrogens with one attached hydrogen (secondary N) is 1. The van der Waals surface area contributed by atoms with Crippen LogP contribution in [-0.2, 0) is 6.54 Å². The lowest BCUT2D eigenvalue weighted by Gasteiger charge is -2.10. The number of anilines is 1. The Kier molecular flexibility index (Phi) is 5.29. The molecule has 0 unspecified atom stereocenters. The van der Waals surface area contributed by atoms with Gasteiger partial charge >= 0.3 is 0 Å². The Morgan fingerprint density at radius 3 is 2.31 bits per heavy atom. The van der Waals surface area contributed by atoms with Crippen molar-refractivity contribution >= 4 is 11.7 Å². The SMILES string of the molecule is Nc1ncc(-c2ccncc2)cc1-c1ccc(C(=O)NCc2ccccc2)cc1. The Hall–Kier alpha value is -3.99. The van der Waals surface area contributed by atoms with E-state index >= 15 is 0 Å². The molecule has 4 aromatic rings. The molecule has 142 valence electrons. The van der Waals surface area contributed by atoms with Crippen LogP contribution in [-0.4, -0.2) is 15.9 Å². The Bertz CT molecular complexity index is 1110. The van der Waals surface area contributed by atoms with Gasteiger partial charge in [0.15, 0.2) is 0 Å². The van der Waals surface area contributed by atoms with E-state index in [4.69, 9.17) is 5.73 Å². The Balaban J connectivity index is 1.52. The van der Waals surface area contributed by atoms with Crippen molar-refractivity contribution in [3.05, 3.63) is 103 Å². The molecule has 5 heteroatoms. The first kappa shape index (κ1) is 18.4. The van der Waals surface area contributed by atoms with Crippen molar-refractivity contribution in [2.24, 2.45) is 0 Å². The van der Waals surface area contributed by atoms with E-state index < -0.39 is 0 Å². The number of hydrogen-bond donors (Lipinski definition) is 2. The van der Waals surface area contributed by atoms with Gasteiger partial charge in [-0.1, -0.05) is 42.5 Å². The molecule has 5 nitrogen and oxygen atoms in total. The molecule has 0 fully saturated rings. The first-order chi connectivity index (χ1) is 14.2. The van der Waals surface area contributed by atoms with Gasteiger partial charge in [0.1, 0.15) is 5.82 Å². The number of nitrogen functional groups attached to an aromatic ring is 1. The maximum Gasteiger partial charge on any atom is 0.251 e. The van der Waals surface area contributed by atoms with Gasteiger partial charge in [0.25, 0.3) is 5.91 Å². The van der Waals surface area contributed by atoms with Gasteiger partial charge in [0, 0.05) is 41.8 Å². The number of nitrogens with two attached hydrogens (primary N) is 1. The molecule has 2 aromatic heterocycles. The molecular weight excluding hydrogens is 360 g/mol. The monoisotopic (exact) mass is 380 g/mol. The van der Waals surface area contributed by atoms with Crippen LogP contribution in [0.1, 0.15) is 15.9 Å². The average Bonchev–Trinajstić information content (AvgIpc) is 2.79. The molecule has 0 atom stereocenters. The second kappa shape index (κ2) is 8.35. The number of pyridine rings is 2. The molecule has 1 amide bonds. The van der Waals surface area contributed by atoms with E-state index in [1.165, 1.54) is 0 Å². The molecule has 0 spiro atoms. The van der Waals surface area contributed by atoms with Crippen molar-refractivity contribution in [1.29, 1.82) is 0 Å². The molecule has 2 aromatic carbocycles. The zero-order chi connectivity index (χ0) is 20.1. The number of amides is 1. The first-order valence-corrected chi connectivity index (χ1v) is 9.29. The average molecular weight is 380 g/mol. The van der Waals surface area contributed by atoms with Gasteiger partial charge in [0.05, 0.1) is 0 Å². The second-order valence-electron chi connectivity index (χ2n) is 6.64. The molecule has 2 heterocycles. The highest BCUT2D eigenvalue weighted by molar-refractivity contribution is 5.95. The summed E-state index contributed by atoms with van der Waals surface area (Å²) >= 11 is 0. The lowest BCUT2D eigenvalue weighted by atomic mass is 10.0. The fourth-order valence-electron chi connectivity index (χ4n) is 3.09. The van der Waals surface area contributed by atoms with Crippen molar-refractivity contribution < 1.29 is 4.79 Å². The van der Waals surface area contributed by atoms with Crippen LogP contribution in [0.3, 0.4) is 0 Å². The van der Waals surface area contributed by atoms with Crippen molar-refractivity contribution in [1.82, 2.24) is 15.3 Å². The third-order valence-electron chi connectivity index (χ3n) is 4.69. The fourth-order valence-corrected chi connectivity index (χ4v) is 3.09. The molecule has 0 saturated carbocycles. The summed E-state index contributed by atoms with van der Waals surface area (Å²) in [6.07, 6.45) is 5.24. The number of carbonyl (C=O) groups is 1. The highest BCUT2D eigenvalue weighted by Gasteiger charge is 2.10. The molecule has 29 heavy (non-hydrogen) atoms. The summed E-state index contributed by atoms with van der Waals surface area (Å²) in [6.45, 7) is 0.492. The molecule has 0 saturated heterocycles. The Morgan fingerprint density at radius 2 is 1.59 bits per heavy atom. The molecule has 3 N–H and O–H groups in total. The predicted molar refractivity (Wildman–Crippen MR) is 115 cm³/mol. The zero-order valence-corrected chi connectivity index (χ0v) is 15.7.